The largest absolute Gasteiger partial charge is 0.206 e. The van der Waals surface area contributed by atoms with E-state index in [1.807, 2.05) is 18.2 Å². The minimum atomic E-state index is -0.333. The molecule has 0 amide bonds. The maximum absolute atomic E-state index is 14.6. The number of rotatable bonds is 11. The molecule has 3 rings (SSSR count). The molecule has 0 saturated heterocycles. The summed E-state index contributed by atoms with van der Waals surface area (Å²) in [7, 11) is 0. The van der Waals surface area contributed by atoms with Gasteiger partial charge in [-0.25, -0.2) is 4.39 Å². The summed E-state index contributed by atoms with van der Waals surface area (Å²) in [6.45, 7) is 4.47. The Morgan fingerprint density at radius 2 is 0.944 bits per heavy atom. The van der Waals surface area contributed by atoms with Crippen LogP contribution in [-0.2, 0) is 12.8 Å². The Labute approximate surface area is 218 Å². The second-order valence-electron chi connectivity index (χ2n) is 9.56. The molecule has 0 heterocycles. The third-order valence-electron chi connectivity index (χ3n) is 6.46. The van der Waals surface area contributed by atoms with Crippen molar-refractivity contribution in [2.75, 3.05) is 0 Å². The Morgan fingerprint density at radius 3 is 1.47 bits per heavy atom. The molecular formula is C35H39F. The Kier molecular flexibility index (Phi) is 11.9. The number of benzene rings is 3. The van der Waals surface area contributed by atoms with Crippen LogP contribution in [0.1, 0.15) is 105 Å². The van der Waals surface area contributed by atoms with E-state index in [1.54, 1.807) is 6.07 Å². The average molecular weight is 479 g/mol. The van der Waals surface area contributed by atoms with E-state index in [0.29, 0.717) is 11.1 Å². The van der Waals surface area contributed by atoms with Crippen molar-refractivity contribution in [2.24, 2.45) is 0 Å². The maximum atomic E-state index is 14.6. The monoisotopic (exact) mass is 478 g/mol. The van der Waals surface area contributed by atoms with Crippen molar-refractivity contribution in [3.05, 3.63) is 106 Å². The molecule has 0 nitrogen and oxygen atoms in total. The molecule has 0 aliphatic rings. The summed E-state index contributed by atoms with van der Waals surface area (Å²) in [5.74, 6) is 12.0. The third-order valence-corrected chi connectivity index (χ3v) is 6.46. The van der Waals surface area contributed by atoms with Crippen LogP contribution in [0.2, 0.25) is 0 Å². The molecule has 0 aromatic heterocycles. The van der Waals surface area contributed by atoms with Gasteiger partial charge in [-0.05, 0) is 79.3 Å². The van der Waals surface area contributed by atoms with E-state index in [0.717, 1.165) is 24.0 Å². The Balaban J connectivity index is 1.54. The SMILES string of the molecule is CCCCCCCc1ccc(C#Cc2ccc(C#Cc3ccc(CCCCCC)cc3)cc2F)cc1. The van der Waals surface area contributed by atoms with Crippen molar-refractivity contribution in [1.29, 1.82) is 0 Å². The van der Waals surface area contributed by atoms with Crippen LogP contribution in [0.15, 0.2) is 66.7 Å². The van der Waals surface area contributed by atoms with Crippen molar-refractivity contribution in [3.8, 4) is 23.7 Å². The fraction of sp³-hybridized carbons (Fsp3) is 0.371. The molecule has 186 valence electrons. The number of unbranched alkanes of at least 4 members (excludes halogenated alkanes) is 7. The van der Waals surface area contributed by atoms with Gasteiger partial charge >= 0.3 is 0 Å². The Morgan fingerprint density at radius 1 is 0.500 bits per heavy atom. The zero-order valence-corrected chi connectivity index (χ0v) is 22.0. The first-order valence-corrected chi connectivity index (χ1v) is 13.7. The highest BCUT2D eigenvalue weighted by Gasteiger charge is 2.01. The smallest absolute Gasteiger partial charge is 0.140 e. The van der Waals surface area contributed by atoms with Crippen LogP contribution in [-0.4, -0.2) is 0 Å². The van der Waals surface area contributed by atoms with Gasteiger partial charge in [-0.1, -0.05) is 107 Å². The first-order chi connectivity index (χ1) is 17.7. The van der Waals surface area contributed by atoms with Gasteiger partial charge in [-0.3, -0.25) is 0 Å². The molecule has 0 aliphatic heterocycles. The normalized spacial score (nSPS) is 10.3. The van der Waals surface area contributed by atoms with Gasteiger partial charge in [0.05, 0.1) is 5.56 Å². The average Bonchev–Trinajstić information content (AvgIpc) is 2.91. The summed E-state index contributed by atoms with van der Waals surface area (Å²) in [5, 5.41) is 0. The molecule has 36 heavy (non-hydrogen) atoms. The van der Waals surface area contributed by atoms with Gasteiger partial charge < -0.3 is 0 Å². The van der Waals surface area contributed by atoms with Gasteiger partial charge in [0.1, 0.15) is 5.82 Å². The standard InChI is InChI=1S/C35H39F/c1-3-5-7-9-11-13-30-16-20-32(21-17-30)24-26-34-27-25-33(28-35(34)36)23-22-31-18-14-29(15-19-31)12-10-8-6-4-2/h14-21,25,27-28H,3-13H2,1-2H3. The van der Waals surface area contributed by atoms with Crippen molar-refractivity contribution in [3.63, 3.8) is 0 Å². The van der Waals surface area contributed by atoms with Crippen molar-refractivity contribution >= 4 is 0 Å². The predicted octanol–water partition coefficient (Wildman–Crippen LogP) is 9.26. The van der Waals surface area contributed by atoms with Crippen LogP contribution in [0.3, 0.4) is 0 Å². The fourth-order valence-electron chi connectivity index (χ4n) is 4.18. The van der Waals surface area contributed by atoms with E-state index in [-0.39, 0.29) is 5.82 Å². The van der Waals surface area contributed by atoms with Crippen molar-refractivity contribution < 1.29 is 4.39 Å². The summed E-state index contributed by atoms with van der Waals surface area (Å²) >= 11 is 0. The van der Waals surface area contributed by atoms with Gasteiger partial charge in [0.25, 0.3) is 0 Å². The van der Waals surface area contributed by atoms with Gasteiger partial charge in [0, 0.05) is 16.7 Å². The lowest BCUT2D eigenvalue weighted by Crippen LogP contribution is -1.88. The summed E-state index contributed by atoms with van der Waals surface area (Å²) in [6.07, 6.45) is 13.8. The van der Waals surface area contributed by atoms with E-state index in [9.17, 15) is 4.39 Å². The van der Waals surface area contributed by atoms with Gasteiger partial charge in [-0.15, -0.1) is 0 Å². The first-order valence-electron chi connectivity index (χ1n) is 13.7. The summed E-state index contributed by atoms with van der Waals surface area (Å²) in [5.41, 5.74) is 5.59. The molecule has 0 bridgehead atoms. The Bertz CT molecular complexity index is 1180. The molecule has 0 unspecified atom stereocenters. The number of hydrogen-bond acceptors (Lipinski definition) is 0. The molecule has 1 heteroatoms. The lowest BCUT2D eigenvalue weighted by atomic mass is 10.0. The first kappa shape index (κ1) is 27.3. The minimum absolute atomic E-state index is 0.333. The van der Waals surface area contributed by atoms with E-state index in [1.165, 1.54) is 75.0 Å². The van der Waals surface area contributed by atoms with Crippen LogP contribution in [0.4, 0.5) is 4.39 Å². The zero-order chi connectivity index (χ0) is 25.4. The van der Waals surface area contributed by atoms with Crippen LogP contribution in [0.5, 0.6) is 0 Å². The lowest BCUT2D eigenvalue weighted by molar-refractivity contribution is 0.624. The molecular weight excluding hydrogens is 439 g/mol. The molecule has 0 fully saturated rings. The molecule has 3 aromatic carbocycles. The summed E-state index contributed by atoms with van der Waals surface area (Å²) in [4.78, 5) is 0. The maximum Gasteiger partial charge on any atom is 0.140 e. The summed E-state index contributed by atoms with van der Waals surface area (Å²) < 4.78 is 14.6. The predicted molar refractivity (Wildman–Crippen MR) is 152 cm³/mol. The topological polar surface area (TPSA) is 0 Å². The van der Waals surface area contributed by atoms with Crippen LogP contribution in [0, 0.1) is 29.5 Å². The highest BCUT2D eigenvalue weighted by Crippen LogP contribution is 2.13. The third kappa shape index (κ3) is 9.76. The van der Waals surface area contributed by atoms with Gasteiger partial charge in [0.2, 0.25) is 0 Å². The van der Waals surface area contributed by atoms with Crippen molar-refractivity contribution in [2.45, 2.75) is 84.5 Å². The van der Waals surface area contributed by atoms with E-state index in [2.05, 4.69) is 73.9 Å². The molecule has 0 saturated carbocycles. The molecule has 3 aromatic rings. The Hall–Kier alpha value is -3.29. The van der Waals surface area contributed by atoms with Crippen molar-refractivity contribution in [1.82, 2.24) is 0 Å². The van der Waals surface area contributed by atoms with E-state index >= 15 is 0 Å². The number of hydrogen-bond donors (Lipinski definition) is 0. The van der Waals surface area contributed by atoms with Gasteiger partial charge in [0.15, 0.2) is 0 Å². The fourth-order valence-corrected chi connectivity index (χ4v) is 4.18. The molecule has 0 atom stereocenters. The zero-order valence-electron chi connectivity index (χ0n) is 22.0. The summed E-state index contributed by atoms with van der Waals surface area (Å²) in [6, 6.07) is 21.8. The molecule has 0 spiro atoms. The second kappa shape index (κ2) is 15.7. The molecule has 0 N–H and O–H groups in total. The molecule has 0 radical (unpaired) electrons. The van der Waals surface area contributed by atoms with Crippen LogP contribution >= 0.6 is 0 Å². The minimum Gasteiger partial charge on any atom is -0.206 e. The highest BCUT2D eigenvalue weighted by atomic mass is 19.1. The van der Waals surface area contributed by atoms with E-state index < -0.39 is 0 Å². The van der Waals surface area contributed by atoms with Gasteiger partial charge in [-0.2, -0.15) is 0 Å². The van der Waals surface area contributed by atoms with Crippen LogP contribution in [0.25, 0.3) is 0 Å². The van der Waals surface area contributed by atoms with E-state index in [4.69, 9.17) is 0 Å². The number of halogens is 1. The number of aryl methyl sites for hydroxylation is 2. The second-order valence-corrected chi connectivity index (χ2v) is 9.56. The van der Waals surface area contributed by atoms with Crippen LogP contribution < -0.4 is 0 Å². The highest BCUT2D eigenvalue weighted by molar-refractivity contribution is 5.49. The molecule has 0 aliphatic carbocycles. The lowest BCUT2D eigenvalue weighted by Gasteiger charge is -2.02. The quantitative estimate of drug-likeness (QED) is 0.190.